The molecule has 2 rings (SSSR count). The van der Waals surface area contributed by atoms with E-state index in [2.05, 4.69) is 4.99 Å². The monoisotopic (exact) mass is 215 g/mol. The molecule has 6 heteroatoms. The van der Waals surface area contributed by atoms with Crippen LogP contribution in [0, 0.1) is 0 Å². The van der Waals surface area contributed by atoms with Crippen LogP contribution in [0.4, 0.5) is 0 Å². The number of aliphatic hydroxyl groups is 1. The van der Waals surface area contributed by atoms with Gasteiger partial charge in [-0.3, -0.25) is 0 Å². The van der Waals surface area contributed by atoms with Crippen LogP contribution in [0.1, 0.15) is 0 Å². The molecular weight excluding hydrogens is 202 g/mol. The largest absolute Gasteiger partial charge is 0.393 e. The Morgan fingerprint density at radius 1 is 1.79 bits per heavy atom. The normalized spacial score (nSPS) is 32.1. The van der Waals surface area contributed by atoms with Crippen molar-refractivity contribution in [2.45, 2.75) is 11.7 Å². The molecule has 5 nitrogen and oxygen atoms in total. The lowest BCUT2D eigenvalue weighted by Gasteiger charge is -2.26. The number of aliphatic imine (C=N–C) groups is 1. The van der Waals surface area contributed by atoms with Gasteiger partial charge < -0.3 is 20.5 Å². The Hall–Kier alpha value is -0.720. The quantitative estimate of drug-likeness (QED) is 0.652. The number of rotatable bonds is 2. The van der Waals surface area contributed by atoms with E-state index in [1.807, 2.05) is 11.1 Å². The van der Waals surface area contributed by atoms with Gasteiger partial charge in [0.1, 0.15) is 24.2 Å². The highest BCUT2D eigenvalue weighted by Gasteiger charge is 2.29. The van der Waals surface area contributed by atoms with Gasteiger partial charge in [-0.05, 0) is 6.08 Å². The van der Waals surface area contributed by atoms with E-state index < -0.39 is 0 Å². The van der Waals surface area contributed by atoms with Crippen molar-refractivity contribution < 1.29 is 9.84 Å². The molecule has 14 heavy (non-hydrogen) atoms. The molecule has 2 heterocycles. The fourth-order valence-corrected chi connectivity index (χ4v) is 2.30. The van der Waals surface area contributed by atoms with Crippen molar-refractivity contribution in [2.24, 2.45) is 10.7 Å². The first-order chi connectivity index (χ1) is 6.79. The second-order valence-electron chi connectivity index (χ2n) is 3.09. The zero-order valence-electron chi connectivity index (χ0n) is 7.67. The highest BCUT2D eigenvalue weighted by molar-refractivity contribution is 8.00. The summed E-state index contributed by atoms with van der Waals surface area (Å²) in [6, 6.07) is 0. The highest BCUT2D eigenvalue weighted by Crippen LogP contribution is 2.27. The zero-order valence-corrected chi connectivity index (χ0v) is 8.48. The summed E-state index contributed by atoms with van der Waals surface area (Å²) in [7, 11) is 0. The molecule has 0 aromatic rings. The molecule has 1 fully saturated rings. The number of amidine groups is 1. The number of aliphatic hydroxyl groups excluding tert-OH is 1. The van der Waals surface area contributed by atoms with Gasteiger partial charge in [0.25, 0.3) is 0 Å². The average Bonchev–Trinajstić information content (AvgIpc) is 2.67. The van der Waals surface area contributed by atoms with Gasteiger partial charge >= 0.3 is 0 Å². The van der Waals surface area contributed by atoms with Crippen molar-refractivity contribution >= 4 is 17.6 Å². The fourth-order valence-electron chi connectivity index (χ4n) is 1.34. The van der Waals surface area contributed by atoms with Crippen molar-refractivity contribution in [2.75, 3.05) is 19.0 Å². The Bertz CT molecular complexity index is 269. The van der Waals surface area contributed by atoms with Gasteiger partial charge in [-0.1, -0.05) is 0 Å². The summed E-state index contributed by atoms with van der Waals surface area (Å²) in [6.07, 6.45) is 3.64. The van der Waals surface area contributed by atoms with E-state index in [0.717, 1.165) is 5.75 Å². The van der Waals surface area contributed by atoms with Gasteiger partial charge in [0, 0.05) is 12.0 Å². The summed E-state index contributed by atoms with van der Waals surface area (Å²) < 4.78 is 5.56. The first-order valence-electron chi connectivity index (χ1n) is 4.41. The summed E-state index contributed by atoms with van der Waals surface area (Å²) >= 11 is 1.62. The second kappa shape index (κ2) is 4.20. The van der Waals surface area contributed by atoms with Crippen LogP contribution < -0.4 is 5.73 Å². The molecule has 0 bridgehead atoms. The molecule has 0 aliphatic carbocycles. The van der Waals surface area contributed by atoms with E-state index in [1.165, 1.54) is 0 Å². The zero-order chi connectivity index (χ0) is 9.97. The predicted octanol–water partition coefficient (Wildman–Crippen LogP) is -0.462. The molecule has 0 amide bonds. The van der Waals surface area contributed by atoms with E-state index in [9.17, 15) is 0 Å². The van der Waals surface area contributed by atoms with Crippen LogP contribution in [0.2, 0.25) is 0 Å². The molecule has 2 aliphatic rings. The Morgan fingerprint density at radius 2 is 2.64 bits per heavy atom. The van der Waals surface area contributed by atoms with Crippen molar-refractivity contribution in [3.05, 3.63) is 12.3 Å². The lowest BCUT2D eigenvalue weighted by Crippen LogP contribution is -2.36. The Kier molecular flexibility index (Phi) is 2.95. The number of hydrogen-bond acceptors (Lipinski definition) is 6. The van der Waals surface area contributed by atoms with E-state index in [-0.39, 0.29) is 18.3 Å². The maximum atomic E-state index is 8.89. The van der Waals surface area contributed by atoms with Gasteiger partial charge in [-0.25, -0.2) is 4.99 Å². The average molecular weight is 215 g/mol. The Balaban J connectivity index is 1.89. The molecule has 1 saturated heterocycles. The minimum Gasteiger partial charge on any atom is -0.393 e. The lowest BCUT2D eigenvalue weighted by molar-refractivity contribution is -0.0352. The number of hydrogen-bond donors (Lipinski definition) is 2. The van der Waals surface area contributed by atoms with Gasteiger partial charge in [-0.15, -0.1) is 11.8 Å². The maximum Gasteiger partial charge on any atom is 0.141 e. The van der Waals surface area contributed by atoms with Gasteiger partial charge in [0.15, 0.2) is 0 Å². The molecule has 0 saturated carbocycles. The minimum atomic E-state index is -0.100. The van der Waals surface area contributed by atoms with E-state index in [0.29, 0.717) is 12.5 Å². The van der Waals surface area contributed by atoms with Crippen LogP contribution >= 0.6 is 11.8 Å². The predicted molar refractivity (Wildman–Crippen MR) is 55.7 cm³/mol. The van der Waals surface area contributed by atoms with Crippen LogP contribution in [-0.4, -0.2) is 46.5 Å². The standard InChI is InChI=1S/C8H13N3O2S/c9-6-1-2-11(5-10-6)7-4-14-8(3-12)13-7/h1-2,7-8,12H,3-5H2,(H2,9,10)/t7-,8+/m0/s1. The topological polar surface area (TPSA) is 71.1 Å². The molecule has 2 aliphatic heterocycles. The lowest BCUT2D eigenvalue weighted by atomic mass is 10.4. The smallest absolute Gasteiger partial charge is 0.141 e. The van der Waals surface area contributed by atoms with Crippen LogP contribution in [0.3, 0.4) is 0 Å². The second-order valence-corrected chi connectivity index (χ2v) is 4.28. The minimum absolute atomic E-state index is 0.00486. The molecule has 0 spiro atoms. The van der Waals surface area contributed by atoms with Crippen molar-refractivity contribution in [3.8, 4) is 0 Å². The number of nitrogens with two attached hydrogens (primary N) is 1. The molecule has 0 aromatic carbocycles. The summed E-state index contributed by atoms with van der Waals surface area (Å²) in [5.41, 5.74) is 5.40. The number of thioether (sulfide) groups is 1. The van der Waals surface area contributed by atoms with Crippen molar-refractivity contribution in [3.63, 3.8) is 0 Å². The molecule has 0 radical (unpaired) electrons. The van der Waals surface area contributed by atoms with E-state index in [4.69, 9.17) is 15.6 Å². The third kappa shape index (κ3) is 2.02. The van der Waals surface area contributed by atoms with E-state index in [1.54, 1.807) is 17.8 Å². The molecule has 3 N–H and O–H groups in total. The molecular formula is C8H13N3O2S. The molecule has 2 atom stereocenters. The summed E-state index contributed by atoms with van der Waals surface area (Å²) in [5.74, 6) is 1.40. The number of nitrogens with zero attached hydrogens (tertiary/aromatic N) is 2. The summed E-state index contributed by atoms with van der Waals surface area (Å²) in [4.78, 5) is 6.06. The Labute approximate surface area is 86.6 Å². The SMILES string of the molecule is NC1=NCN([C@@H]2CS[C@H](CO)O2)C=C1. The highest BCUT2D eigenvalue weighted by atomic mass is 32.2. The van der Waals surface area contributed by atoms with Crippen LogP contribution in [0.15, 0.2) is 17.3 Å². The van der Waals surface area contributed by atoms with Crippen LogP contribution in [0.5, 0.6) is 0 Å². The molecule has 78 valence electrons. The summed E-state index contributed by atoms with van der Waals surface area (Å²) in [5, 5.41) is 8.89. The molecule has 0 unspecified atom stereocenters. The maximum absolute atomic E-state index is 8.89. The summed E-state index contributed by atoms with van der Waals surface area (Å²) in [6.45, 7) is 0.593. The van der Waals surface area contributed by atoms with E-state index >= 15 is 0 Å². The molecule has 0 aromatic heterocycles. The van der Waals surface area contributed by atoms with Gasteiger partial charge in [0.2, 0.25) is 0 Å². The van der Waals surface area contributed by atoms with Crippen molar-refractivity contribution in [1.29, 1.82) is 0 Å². The first kappa shape index (κ1) is 9.82. The van der Waals surface area contributed by atoms with Crippen molar-refractivity contribution in [1.82, 2.24) is 4.90 Å². The third-order valence-corrected chi connectivity index (χ3v) is 3.22. The van der Waals surface area contributed by atoms with Gasteiger partial charge in [0.05, 0.1) is 6.61 Å². The fraction of sp³-hybridized carbons (Fsp3) is 0.625. The number of ether oxygens (including phenoxy) is 1. The van der Waals surface area contributed by atoms with Gasteiger partial charge in [-0.2, -0.15) is 0 Å². The first-order valence-corrected chi connectivity index (χ1v) is 5.46. The Morgan fingerprint density at radius 3 is 3.21 bits per heavy atom. The van der Waals surface area contributed by atoms with Crippen LogP contribution in [-0.2, 0) is 4.74 Å². The third-order valence-electron chi connectivity index (χ3n) is 2.11. The van der Waals surface area contributed by atoms with Crippen LogP contribution in [0.25, 0.3) is 0 Å².